The molecule has 0 amide bonds. The summed E-state index contributed by atoms with van der Waals surface area (Å²) in [6.07, 6.45) is 1.45. The number of ether oxygens (including phenoxy) is 3. The van der Waals surface area contributed by atoms with Gasteiger partial charge in [0.1, 0.15) is 12.2 Å². The molecule has 1 saturated heterocycles. The number of carbonyl (C=O) groups is 4. The summed E-state index contributed by atoms with van der Waals surface area (Å²) in [5.74, 6) is -2.47. The number of hydrogen-bond acceptors (Lipinski definition) is 7. The van der Waals surface area contributed by atoms with Gasteiger partial charge in [-0.3, -0.25) is 9.59 Å². The number of fused-ring (bicyclic) bond motifs is 1. The molecular formula is C22H30O7. The highest BCUT2D eigenvalue weighted by Gasteiger charge is 2.50. The van der Waals surface area contributed by atoms with Crippen molar-refractivity contribution >= 4 is 23.7 Å². The van der Waals surface area contributed by atoms with Crippen LogP contribution >= 0.6 is 0 Å². The number of rotatable bonds is 3. The molecule has 1 aliphatic carbocycles. The van der Waals surface area contributed by atoms with Crippen LogP contribution in [0.15, 0.2) is 23.8 Å². The molecule has 0 aromatic carbocycles. The number of carbonyl (C=O) groups excluding carboxylic acids is 4. The summed E-state index contributed by atoms with van der Waals surface area (Å²) in [6.45, 7) is 11.9. The summed E-state index contributed by atoms with van der Waals surface area (Å²) >= 11 is 0. The van der Waals surface area contributed by atoms with Gasteiger partial charge in [0.2, 0.25) is 0 Å². The lowest BCUT2D eigenvalue weighted by atomic mass is 9.77. The van der Waals surface area contributed by atoms with E-state index in [0.717, 1.165) is 0 Å². The fourth-order valence-corrected chi connectivity index (χ4v) is 3.97. The lowest BCUT2D eigenvalue weighted by Gasteiger charge is -2.36. The summed E-state index contributed by atoms with van der Waals surface area (Å²) < 4.78 is 16.7. The number of allylic oxidation sites excluding steroid dienone is 1. The van der Waals surface area contributed by atoms with E-state index in [1.165, 1.54) is 13.8 Å². The van der Waals surface area contributed by atoms with E-state index >= 15 is 0 Å². The smallest absolute Gasteiger partial charge is 0.334 e. The van der Waals surface area contributed by atoms with E-state index < -0.39 is 41.6 Å². The Bertz CT molecular complexity index is 750. The molecule has 5 atom stereocenters. The zero-order chi connectivity index (χ0) is 21.9. The van der Waals surface area contributed by atoms with Crippen molar-refractivity contribution in [1.29, 1.82) is 0 Å². The second-order valence-corrected chi connectivity index (χ2v) is 8.24. The average Bonchev–Trinajstić information content (AvgIpc) is 2.90. The maximum absolute atomic E-state index is 12.9. The molecule has 0 bridgehead atoms. The molecule has 1 heterocycles. The Labute approximate surface area is 171 Å². The van der Waals surface area contributed by atoms with Crippen molar-refractivity contribution in [3.05, 3.63) is 23.8 Å². The van der Waals surface area contributed by atoms with Crippen LogP contribution in [0.25, 0.3) is 0 Å². The summed E-state index contributed by atoms with van der Waals surface area (Å²) in [5.41, 5.74) is -0.881. The van der Waals surface area contributed by atoms with E-state index in [-0.39, 0.29) is 30.1 Å². The van der Waals surface area contributed by atoms with E-state index in [1.807, 2.05) is 6.92 Å². The van der Waals surface area contributed by atoms with E-state index in [4.69, 9.17) is 14.2 Å². The first-order valence-electron chi connectivity index (χ1n) is 9.95. The van der Waals surface area contributed by atoms with Crippen molar-refractivity contribution in [2.24, 2.45) is 11.8 Å². The molecule has 0 spiro atoms. The first kappa shape index (κ1) is 22.8. The highest BCUT2D eigenvalue weighted by Crippen LogP contribution is 2.40. The maximum Gasteiger partial charge on any atom is 0.334 e. The van der Waals surface area contributed by atoms with Gasteiger partial charge in [-0.15, -0.1) is 0 Å². The van der Waals surface area contributed by atoms with Crippen LogP contribution in [0.4, 0.5) is 0 Å². The normalized spacial score (nSPS) is 33.6. The van der Waals surface area contributed by atoms with Crippen LogP contribution in [0.3, 0.4) is 0 Å². The van der Waals surface area contributed by atoms with Gasteiger partial charge in [-0.05, 0) is 39.5 Å². The molecule has 0 N–H and O–H groups in total. The second-order valence-electron chi connectivity index (χ2n) is 8.24. The van der Waals surface area contributed by atoms with E-state index in [0.29, 0.717) is 18.4 Å². The number of hydrogen-bond donors (Lipinski definition) is 0. The Morgan fingerprint density at radius 2 is 1.93 bits per heavy atom. The van der Waals surface area contributed by atoms with Crippen LogP contribution in [-0.4, -0.2) is 41.5 Å². The van der Waals surface area contributed by atoms with Gasteiger partial charge in [0.25, 0.3) is 0 Å². The minimum atomic E-state index is -1.48. The third kappa shape index (κ3) is 5.14. The Hall–Kier alpha value is -2.44. The summed E-state index contributed by atoms with van der Waals surface area (Å²) in [5, 5.41) is 0. The summed E-state index contributed by atoms with van der Waals surface area (Å²) in [6, 6.07) is 0. The summed E-state index contributed by atoms with van der Waals surface area (Å²) in [4.78, 5) is 49.4. The molecule has 7 heteroatoms. The Morgan fingerprint density at radius 3 is 2.52 bits per heavy atom. The van der Waals surface area contributed by atoms with Crippen molar-refractivity contribution in [2.75, 3.05) is 0 Å². The largest absolute Gasteiger partial charge is 0.458 e. The highest BCUT2D eigenvalue weighted by molar-refractivity contribution is 5.92. The first-order chi connectivity index (χ1) is 13.5. The highest BCUT2D eigenvalue weighted by atomic mass is 16.6. The number of esters is 3. The van der Waals surface area contributed by atoms with Crippen LogP contribution in [0.2, 0.25) is 0 Å². The molecule has 0 aromatic heterocycles. The zero-order valence-electron chi connectivity index (χ0n) is 17.8. The lowest BCUT2D eigenvalue weighted by Crippen LogP contribution is -2.48. The average molecular weight is 406 g/mol. The molecule has 160 valence electrons. The molecule has 1 saturated carbocycles. The van der Waals surface area contributed by atoms with Crippen molar-refractivity contribution in [3.63, 3.8) is 0 Å². The SMILES string of the molecule is C=C1C(=O)O[C@@H]2C[C@@H](C)CCC(=O)[C@](C)(OC(C)=O)C[C@H](OC(=O)C(C)=CC)[C@@H]12. The van der Waals surface area contributed by atoms with E-state index in [9.17, 15) is 19.2 Å². The van der Waals surface area contributed by atoms with Crippen molar-refractivity contribution in [1.82, 2.24) is 0 Å². The predicted octanol–water partition coefficient (Wildman–Crippen LogP) is 3.06. The number of ketones is 1. The molecule has 7 nitrogen and oxygen atoms in total. The zero-order valence-corrected chi connectivity index (χ0v) is 17.8. The van der Waals surface area contributed by atoms with Crippen molar-refractivity contribution in [2.45, 2.75) is 78.1 Å². The van der Waals surface area contributed by atoms with E-state index in [2.05, 4.69) is 6.58 Å². The first-order valence-corrected chi connectivity index (χ1v) is 9.95. The van der Waals surface area contributed by atoms with Crippen LogP contribution in [0.5, 0.6) is 0 Å². The topological polar surface area (TPSA) is 96.0 Å². The van der Waals surface area contributed by atoms with Gasteiger partial charge in [-0.2, -0.15) is 0 Å². The summed E-state index contributed by atoms with van der Waals surface area (Å²) in [7, 11) is 0. The standard InChI is InChI=1S/C22H30O7/c1-7-13(3)20(25)28-17-11-22(6,29-15(5)23)18(24)9-8-12(2)10-16-19(17)14(4)21(26)27-16/h7,12,16-17,19H,4,8-11H2,1-3,5-6H3/t12-,16+,17-,19-,22+/m0/s1. The molecule has 0 unspecified atom stereocenters. The minimum Gasteiger partial charge on any atom is -0.458 e. The van der Waals surface area contributed by atoms with Gasteiger partial charge in [-0.25, -0.2) is 9.59 Å². The Balaban J connectivity index is 2.50. The lowest BCUT2D eigenvalue weighted by molar-refractivity contribution is -0.172. The fourth-order valence-electron chi connectivity index (χ4n) is 3.97. The predicted molar refractivity (Wildman–Crippen MR) is 105 cm³/mol. The van der Waals surface area contributed by atoms with Gasteiger partial charge < -0.3 is 14.2 Å². The molecule has 2 fully saturated rings. The molecule has 1 aliphatic heterocycles. The molecular weight excluding hydrogens is 376 g/mol. The fraction of sp³-hybridized carbons (Fsp3) is 0.636. The monoisotopic (exact) mass is 406 g/mol. The van der Waals surface area contributed by atoms with Crippen molar-refractivity contribution < 1.29 is 33.4 Å². The molecule has 29 heavy (non-hydrogen) atoms. The van der Waals surface area contributed by atoms with Gasteiger partial charge in [-0.1, -0.05) is 19.6 Å². The Morgan fingerprint density at radius 1 is 1.28 bits per heavy atom. The maximum atomic E-state index is 12.9. The minimum absolute atomic E-state index is 0.0701. The molecule has 0 radical (unpaired) electrons. The van der Waals surface area contributed by atoms with Gasteiger partial charge in [0.15, 0.2) is 11.4 Å². The molecule has 2 aliphatic rings. The molecule has 0 aromatic rings. The number of Topliss-reactive ketones (excluding diaryl/α,β-unsaturated/α-hetero) is 1. The third-order valence-electron chi connectivity index (χ3n) is 5.79. The third-order valence-corrected chi connectivity index (χ3v) is 5.79. The van der Waals surface area contributed by atoms with Gasteiger partial charge >= 0.3 is 17.9 Å². The van der Waals surface area contributed by atoms with Crippen molar-refractivity contribution in [3.8, 4) is 0 Å². The quantitative estimate of drug-likeness (QED) is 0.404. The molecule has 2 rings (SSSR count). The van der Waals surface area contributed by atoms with Crippen LogP contribution in [0, 0.1) is 11.8 Å². The van der Waals surface area contributed by atoms with Gasteiger partial charge in [0.05, 0.1) is 5.92 Å². The van der Waals surface area contributed by atoms with Crippen LogP contribution in [-0.2, 0) is 33.4 Å². The second kappa shape index (κ2) is 8.93. The van der Waals surface area contributed by atoms with Crippen LogP contribution in [0.1, 0.15) is 60.3 Å². The Kier molecular flexibility index (Phi) is 7.03. The van der Waals surface area contributed by atoms with Gasteiger partial charge in [0, 0.05) is 30.9 Å². The van der Waals surface area contributed by atoms with Crippen LogP contribution < -0.4 is 0 Å². The van der Waals surface area contributed by atoms with E-state index in [1.54, 1.807) is 19.9 Å².